The van der Waals surface area contributed by atoms with Crippen LogP contribution in [0.5, 0.6) is 0 Å². The quantitative estimate of drug-likeness (QED) is 0.640. The lowest BCUT2D eigenvalue weighted by atomic mass is 10.2. The van der Waals surface area contributed by atoms with Crippen LogP contribution in [-0.2, 0) is 19.4 Å². The highest BCUT2D eigenvalue weighted by Gasteiger charge is 2.27. The molecular formula is C20H21BrN2O4S2. The highest BCUT2D eigenvalue weighted by molar-refractivity contribution is 9.10. The summed E-state index contributed by atoms with van der Waals surface area (Å²) in [5, 5.41) is 4.58. The number of thioether (sulfide) groups is 1. The number of sulfone groups is 1. The Balaban J connectivity index is 1.75. The first-order chi connectivity index (χ1) is 13.7. The minimum atomic E-state index is -3.74. The third kappa shape index (κ3) is 5.21. The van der Waals surface area contributed by atoms with Crippen molar-refractivity contribution in [2.75, 3.05) is 16.4 Å². The molecule has 0 fully saturated rings. The first kappa shape index (κ1) is 21.9. The summed E-state index contributed by atoms with van der Waals surface area (Å²) >= 11 is 4.90. The molecule has 0 saturated heterocycles. The lowest BCUT2D eigenvalue weighted by molar-refractivity contribution is -0.116. The Morgan fingerprint density at radius 3 is 2.76 bits per heavy atom. The van der Waals surface area contributed by atoms with Crippen LogP contribution >= 0.6 is 27.7 Å². The molecule has 1 aliphatic rings. The highest BCUT2D eigenvalue weighted by Crippen LogP contribution is 2.34. The van der Waals surface area contributed by atoms with Crippen LogP contribution < -0.4 is 10.6 Å². The monoisotopic (exact) mass is 496 g/mol. The number of aryl methyl sites for hydroxylation is 1. The van der Waals surface area contributed by atoms with E-state index in [9.17, 15) is 18.0 Å². The summed E-state index contributed by atoms with van der Waals surface area (Å²) in [5.41, 5.74) is 2.13. The largest absolute Gasteiger partial charge is 0.325 e. The fraction of sp³-hybridized carbons (Fsp3) is 0.300. The lowest BCUT2D eigenvalue weighted by Crippen LogP contribution is -2.25. The second-order valence-electron chi connectivity index (χ2n) is 6.90. The van der Waals surface area contributed by atoms with Crippen LogP contribution in [0.3, 0.4) is 0 Å². The van der Waals surface area contributed by atoms with Gasteiger partial charge in [0.25, 0.3) is 0 Å². The Morgan fingerprint density at radius 1 is 1.28 bits per heavy atom. The Morgan fingerprint density at radius 2 is 2.03 bits per heavy atom. The minimum Gasteiger partial charge on any atom is -0.325 e. The molecule has 0 radical (unpaired) electrons. The Labute approximate surface area is 182 Å². The van der Waals surface area contributed by atoms with E-state index in [0.29, 0.717) is 23.5 Å². The van der Waals surface area contributed by atoms with E-state index in [4.69, 9.17) is 0 Å². The maximum absolute atomic E-state index is 13.0. The number of benzene rings is 2. The number of amides is 2. The van der Waals surface area contributed by atoms with E-state index in [2.05, 4.69) is 26.6 Å². The average molecular weight is 497 g/mol. The van der Waals surface area contributed by atoms with Gasteiger partial charge in [-0.25, -0.2) is 8.42 Å². The molecule has 29 heavy (non-hydrogen) atoms. The normalized spacial score (nSPS) is 15.1. The summed E-state index contributed by atoms with van der Waals surface area (Å²) < 4.78 is 26.7. The van der Waals surface area contributed by atoms with E-state index >= 15 is 0 Å². The van der Waals surface area contributed by atoms with Gasteiger partial charge in [-0.3, -0.25) is 9.59 Å². The summed E-state index contributed by atoms with van der Waals surface area (Å²) in [6, 6.07) is 10.2. The lowest BCUT2D eigenvalue weighted by Gasteiger charge is -2.15. The molecule has 2 aromatic carbocycles. The third-order valence-corrected chi connectivity index (χ3v) is 8.41. The fourth-order valence-electron chi connectivity index (χ4n) is 2.90. The Hall–Kier alpha value is -1.84. The van der Waals surface area contributed by atoms with Crippen LogP contribution in [0.4, 0.5) is 11.4 Å². The topological polar surface area (TPSA) is 92.3 Å². The van der Waals surface area contributed by atoms with E-state index in [-0.39, 0.29) is 23.1 Å². The van der Waals surface area contributed by atoms with Gasteiger partial charge in [0.15, 0.2) is 9.84 Å². The van der Waals surface area contributed by atoms with Crippen LogP contribution in [0.25, 0.3) is 0 Å². The molecule has 0 saturated carbocycles. The first-order valence-electron chi connectivity index (χ1n) is 9.03. The van der Waals surface area contributed by atoms with Crippen molar-refractivity contribution < 1.29 is 18.0 Å². The van der Waals surface area contributed by atoms with Crippen LogP contribution in [0.2, 0.25) is 0 Å². The van der Waals surface area contributed by atoms with Gasteiger partial charge in [-0.15, -0.1) is 11.8 Å². The zero-order valence-corrected chi connectivity index (χ0v) is 19.2. The molecule has 1 unspecified atom stereocenters. The molecule has 2 aromatic rings. The molecule has 2 N–H and O–H groups in total. The number of carbonyl (C=O) groups is 2. The standard InChI is InChI=1S/C20H21BrN2O4S2/c1-12-3-5-16(15(21)9-12)22-20(25)10-13(2)29(26,27)14-4-6-18-17(11-14)23-19(24)7-8-28-18/h3-6,9,11,13H,7-8,10H2,1-2H3,(H,22,25)(H,23,24). The molecule has 6 nitrogen and oxygen atoms in total. The molecule has 0 aromatic heterocycles. The van der Waals surface area contributed by atoms with Crippen molar-refractivity contribution in [1.29, 1.82) is 0 Å². The number of hydrogen-bond donors (Lipinski definition) is 2. The third-order valence-electron chi connectivity index (χ3n) is 4.54. The number of anilines is 2. The van der Waals surface area contributed by atoms with E-state index < -0.39 is 15.1 Å². The van der Waals surface area contributed by atoms with Gasteiger partial charge in [0, 0.05) is 28.0 Å². The molecule has 2 amide bonds. The van der Waals surface area contributed by atoms with Crippen molar-refractivity contribution in [3.05, 3.63) is 46.4 Å². The Kier molecular flexibility index (Phi) is 6.70. The molecule has 0 aliphatic carbocycles. The molecule has 1 heterocycles. The van der Waals surface area contributed by atoms with Gasteiger partial charge < -0.3 is 10.6 Å². The molecular weight excluding hydrogens is 476 g/mol. The van der Waals surface area contributed by atoms with Crippen molar-refractivity contribution in [3.63, 3.8) is 0 Å². The molecule has 9 heteroatoms. The average Bonchev–Trinajstić information content (AvgIpc) is 2.83. The van der Waals surface area contributed by atoms with Gasteiger partial charge in [-0.2, -0.15) is 0 Å². The zero-order valence-electron chi connectivity index (χ0n) is 16.0. The molecule has 0 bridgehead atoms. The number of hydrogen-bond acceptors (Lipinski definition) is 5. The summed E-state index contributed by atoms with van der Waals surface area (Å²) in [6.45, 7) is 3.45. The van der Waals surface area contributed by atoms with Gasteiger partial charge in [0.05, 0.1) is 21.5 Å². The fourth-order valence-corrected chi connectivity index (χ4v) is 5.81. The van der Waals surface area contributed by atoms with E-state index in [1.807, 2.05) is 19.1 Å². The van der Waals surface area contributed by atoms with Crippen molar-refractivity contribution in [3.8, 4) is 0 Å². The molecule has 1 atom stereocenters. The van der Waals surface area contributed by atoms with Gasteiger partial charge in [-0.1, -0.05) is 6.07 Å². The van der Waals surface area contributed by atoms with Crippen molar-refractivity contribution in [1.82, 2.24) is 0 Å². The van der Waals surface area contributed by atoms with Gasteiger partial charge in [0.1, 0.15) is 0 Å². The molecule has 0 spiro atoms. The maximum atomic E-state index is 13.0. The summed E-state index contributed by atoms with van der Waals surface area (Å²) in [4.78, 5) is 25.1. The van der Waals surface area contributed by atoms with Crippen LogP contribution in [0.15, 0.2) is 50.7 Å². The second kappa shape index (κ2) is 8.89. The molecule has 3 rings (SSSR count). The summed E-state index contributed by atoms with van der Waals surface area (Å²) in [5.74, 6) is 0.127. The van der Waals surface area contributed by atoms with Crippen LogP contribution in [-0.4, -0.2) is 31.2 Å². The number of fused-ring (bicyclic) bond motifs is 1. The Bertz CT molecular complexity index is 1070. The number of rotatable bonds is 5. The van der Waals surface area contributed by atoms with Gasteiger partial charge in [0.2, 0.25) is 11.8 Å². The van der Waals surface area contributed by atoms with Gasteiger partial charge >= 0.3 is 0 Å². The van der Waals surface area contributed by atoms with Crippen LogP contribution in [0, 0.1) is 6.92 Å². The van der Waals surface area contributed by atoms with Crippen molar-refractivity contribution >= 4 is 60.7 Å². The van der Waals surface area contributed by atoms with E-state index in [1.165, 1.54) is 30.8 Å². The smallest absolute Gasteiger partial charge is 0.225 e. The SMILES string of the molecule is Cc1ccc(NC(=O)CC(C)S(=O)(=O)c2ccc3c(c2)NC(=O)CCS3)c(Br)c1. The van der Waals surface area contributed by atoms with Crippen LogP contribution in [0.1, 0.15) is 25.3 Å². The number of carbonyl (C=O) groups excluding carboxylic acids is 2. The van der Waals surface area contributed by atoms with E-state index in [1.54, 1.807) is 12.1 Å². The predicted molar refractivity (Wildman–Crippen MR) is 119 cm³/mol. The number of halogens is 1. The van der Waals surface area contributed by atoms with Crippen molar-refractivity contribution in [2.24, 2.45) is 0 Å². The predicted octanol–water partition coefficient (Wildman–Crippen LogP) is 4.38. The maximum Gasteiger partial charge on any atom is 0.225 e. The summed E-state index contributed by atoms with van der Waals surface area (Å²) in [7, 11) is -3.74. The number of nitrogens with one attached hydrogen (secondary N) is 2. The molecule has 1 aliphatic heterocycles. The second-order valence-corrected chi connectivity index (χ2v) is 11.3. The minimum absolute atomic E-state index is 0.0934. The summed E-state index contributed by atoms with van der Waals surface area (Å²) in [6.07, 6.45) is 0.202. The molecule has 154 valence electrons. The first-order valence-corrected chi connectivity index (χ1v) is 12.4. The van der Waals surface area contributed by atoms with Crippen molar-refractivity contribution in [2.45, 2.75) is 41.7 Å². The van der Waals surface area contributed by atoms with E-state index in [0.717, 1.165) is 14.9 Å². The van der Waals surface area contributed by atoms with Gasteiger partial charge in [-0.05, 0) is 65.7 Å². The zero-order chi connectivity index (χ0) is 21.2. The highest BCUT2D eigenvalue weighted by atomic mass is 79.9.